The second-order valence-corrected chi connectivity index (χ2v) is 4.97. The van der Waals surface area contributed by atoms with Gasteiger partial charge in [0.15, 0.2) is 0 Å². The Morgan fingerprint density at radius 1 is 0.714 bits per heavy atom. The molecule has 0 saturated carbocycles. The molecule has 0 unspecified atom stereocenters. The lowest BCUT2D eigenvalue weighted by atomic mass is 9.84. The lowest BCUT2D eigenvalue weighted by molar-refractivity contribution is 0.0108. The van der Waals surface area contributed by atoms with E-state index in [0.717, 1.165) is 0 Å². The Bertz CT molecular complexity index is 137. The second-order valence-electron chi connectivity index (χ2n) is 4.97. The first-order chi connectivity index (χ1) is 6.40. The van der Waals surface area contributed by atoms with Gasteiger partial charge in [0.05, 0.1) is 0 Å². The van der Waals surface area contributed by atoms with E-state index in [-0.39, 0.29) is 0 Å². The van der Waals surface area contributed by atoms with Crippen molar-refractivity contribution >= 4 is 0 Å². The molecule has 0 amide bonds. The second kappa shape index (κ2) is 5.16. The van der Waals surface area contributed by atoms with Gasteiger partial charge in [0.1, 0.15) is 0 Å². The van der Waals surface area contributed by atoms with Gasteiger partial charge >= 0.3 is 0 Å². The average Bonchev–Trinajstić information content (AvgIpc) is 2.25. The molecule has 0 N–H and O–H groups in total. The Kier molecular flexibility index (Phi) is 5.14. The predicted octanol–water partition coefficient (Wildman–Crippen LogP) is 4.08. The van der Waals surface area contributed by atoms with Gasteiger partial charge in [0.2, 0.25) is 0 Å². The first kappa shape index (κ1) is 14.0. The number of nitrogens with zero attached hydrogens (tertiary/aromatic N) is 1. The van der Waals surface area contributed by atoms with Crippen molar-refractivity contribution in [2.45, 2.75) is 78.3 Å². The van der Waals surface area contributed by atoms with Gasteiger partial charge in [-0.05, 0) is 46.6 Å². The van der Waals surface area contributed by atoms with E-state index in [1.165, 1.54) is 25.7 Å². The molecule has 0 aromatic heterocycles. The van der Waals surface area contributed by atoms with Gasteiger partial charge in [-0.25, -0.2) is 0 Å². The minimum atomic E-state index is 0.362. The van der Waals surface area contributed by atoms with E-state index in [2.05, 4.69) is 53.5 Å². The molecule has 0 heterocycles. The summed E-state index contributed by atoms with van der Waals surface area (Å²) in [6.07, 6.45) is 4.93. The SMILES string of the molecule is CCC(C)(CC)N(C)C(C)(CC)CC. The van der Waals surface area contributed by atoms with Gasteiger partial charge in [-0.15, -0.1) is 0 Å². The summed E-state index contributed by atoms with van der Waals surface area (Å²) in [5.74, 6) is 0. The molecule has 0 aliphatic carbocycles. The zero-order valence-electron chi connectivity index (χ0n) is 11.3. The van der Waals surface area contributed by atoms with E-state index in [0.29, 0.717) is 11.1 Å². The van der Waals surface area contributed by atoms with Crippen LogP contribution in [0.25, 0.3) is 0 Å². The van der Waals surface area contributed by atoms with E-state index in [9.17, 15) is 0 Å². The summed E-state index contributed by atoms with van der Waals surface area (Å²) in [6, 6.07) is 0. The van der Waals surface area contributed by atoms with Crippen molar-refractivity contribution in [2.75, 3.05) is 7.05 Å². The van der Waals surface area contributed by atoms with E-state index in [1.54, 1.807) is 0 Å². The third-order valence-electron chi connectivity index (χ3n) is 4.67. The van der Waals surface area contributed by atoms with Crippen molar-refractivity contribution in [3.63, 3.8) is 0 Å². The maximum absolute atomic E-state index is 2.60. The lowest BCUT2D eigenvalue weighted by Gasteiger charge is -2.49. The van der Waals surface area contributed by atoms with Crippen LogP contribution in [0.2, 0.25) is 0 Å². The summed E-state index contributed by atoms with van der Waals surface area (Å²) in [6.45, 7) is 14.0. The molecule has 0 atom stereocenters. The summed E-state index contributed by atoms with van der Waals surface area (Å²) in [4.78, 5) is 2.60. The molecule has 0 spiro atoms. The maximum Gasteiger partial charge on any atom is 0.0178 e. The fourth-order valence-corrected chi connectivity index (χ4v) is 2.10. The summed E-state index contributed by atoms with van der Waals surface area (Å²) in [7, 11) is 2.29. The average molecular weight is 199 g/mol. The Morgan fingerprint density at radius 2 is 0.929 bits per heavy atom. The summed E-state index contributed by atoms with van der Waals surface area (Å²) < 4.78 is 0. The highest BCUT2D eigenvalue weighted by molar-refractivity contribution is 4.92. The quantitative estimate of drug-likeness (QED) is 0.623. The molecule has 0 radical (unpaired) electrons. The normalized spacial score (nSPS) is 13.7. The predicted molar refractivity (Wildman–Crippen MR) is 65.7 cm³/mol. The van der Waals surface area contributed by atoms with Crippen LogP contribution in [0.1, 0.15) is 67.2 Å². The molecule has 0 saturated heterocycles. The van der Waals surface area contributed by atoms with E-state index >= 15 is 0 Å². The molecule has 14 heavy (non-hydrogen) atoms. The minimum Gasteiger partial charge on any atom is -0.296 e. The first-order valence-electron chi connectivity index (χ1n) is 6.14. The molecule has 0 fully saturated rings. The summed E-state index contributed by atoms with van der Waals surface area (Å²) in [5.41, 5.74) is 0.724. The van der Waals surface area contributed by atoms with Gasteiger partial charge in [-0.2, -0.15) is 0 Å². The van der Waals surface area contributed by atoms with Crippen LogP contribution >= 0.6 is 0 Å². The molecule has 0 aliphatic rings. The van der Waals surface area contributed by atoms with Crippen LogP contribution < -0.4 is 0 Å². The molecule has 0 aromatic rings. The van der Waals surface area contributed by atoms with Crippen LogP contribution in [0.5, 0.6) is 0 Å². The monoisotopic (exact) mass is 199 g/mol. The van der Waals surface area contributed by atoms with Crippen molar-refractivity contribution in [1.29, 1.82) is 0 Å². The first-order valence-corrected chi connectivity index (χ1v) is 6.14. The molecule has 0 aromatic carbocycles. The van der Waals surface area contributed by atoms with Gasteiger partial charge in [0.25, 0.3) is 0 Å². The zero-order chi connectivity index (χ0) is 11.4. The van der Waals surface area contributed by atoms with Gasteiger partial charge in [-0.3, -0.25) is 4.90 Å². The highest BCUT2D eigenvalue weighted by atomic mass is 15.2. The van der Waals surface area contributed by atoms with E-state index in [4.69, 9.17) is 0 Å². The third kappa shape index (κ3) is 2.50. The highest BCUT2D eigenvalue weighted by Crippen LogP contribution is 2.32. The minimum absolute atomic E-state index is 0.362. The van der Waals surface area contributed by atoms with Crippen LogP contribution in [0.15, 0.2) is 0 Å². The maximum atomic E-state index is 2.60. The molecule has 1 heteroatoms. The van der Waals surface area contributed by atoms with Gasteiger partial charge in [0, 0.05) is 11.1 Å². The van der Waals surface area contributed by atoms with Crippen molar-refractivity contribution < 1.29 is 0 Å². The van der Waals surface area contributed by atoms with Crippen molar-refractivity contribution in [3.05, 3.63) is 0 Å². The fraction of sp³-hybridized carbons (Fsp3) is 1.00. The summed E-state index contributed by atoms with van der Waals surface area (Å²) in [5, 5.41) is 0. The van der Waals surface area contributed by atoms with Crippen LogP contribution in [-0.4, -0.2) is 23.0 Å². The zero-order valence-corrected chi connectivity index (χ0v) is 11.3. The van der Waals surface area contributed by atoms with E-state index < -0.39 is 0 Å². The number of rotatable bonds is 6. The van der Waals surface area contributed by atoms with Gasteiger partial charge in [-0.1, -0.05) is 27.7 Å². The number of hydrogen-bond acceptors (Lipinski definition) is 1. The van der Waals surface area contributed by atoms with Crippen molar-refractivity contribution in [1.82, 2.24) is 4.90 Å². The van der Waals surface area contributed by atoms with Gasteiger partial charge < -0.3 is 0 Å². The van der Waals surface area contributed by atoms with Crippen molar-refractivity contribution in [2.24, 2.45) is 0 Å². The molecule has 0 aliphatic heterocycles. The molecule has 0 bridgehead atoms. The third-order valence-corrected chi connectivity index (χ3v) is 4.67. The van der Waals surface area contributed by atoms with Crippen molar-refractivity contribution in [3.8, 4) is 0 Å². The molecule has 86 valence electrons. The molecular formula is C13H29N. The molecule has 1 nitrogen and oxygen atoms in total. The van der Waals surface area contributed by atoms with Crippen LogP contribution in [0.3, 0.4) is 0 Å². The summed E-state index contributed by atoms with van der Waals surface area (Å²) >= 11 is 0. The standard InChI is InChI=1S/C13H29N/c1-8-12(5,9-2)14(7)13(6,10-3)11-4/h8-11H2,1-7H3. The largest absolute Gasteiger partial charge is 0.296 e. The highest BCUT2D eigenvalue weighted by Gasteiger charge is 2.36. The number of hydrogen-bond donors (Lipinski definition) is 0. The smallest absolute Gasteiger partial charge is 0.0178 e. The van der Waals surface area contributed by atoms with E-state index in [1.807, 2.05) is 0 Å². The fourth-order valence-electron chi connectivity index (χ4n) is 2.10. The Morgan fingerprint density at radius 3 is 1.07 bits per heavy atom. The lowest BCUT2D eigenvalue weighted by Crippen LogP contribution is -2.55. The topological polar surface area (TPSA) is 3.24 Å². The van der Waals surface area contributed by atoms with Crippen LogP contribution in [-0.2, 0) is 0 Å². The molecule has 0 rings (SSSR count). The Balaban J connectivity index is 4.80. The Labute approximate surface area is 90.9 Å². The Hall–Kier alpha value is -0.0400. The van der Waals surface area contributed by atoms with Crippen LogP contribution in [0, 0.1) is 0 Å². The van der Waals surface area contributed by atoms with Crippen LogP contribution in [0.4, 0.5) is 0 Å². The molecular weight excluding hydrogens is 170 g/mol.